The number of aryl methyl sites for hydroxylation is 2. The van der Waals surface area contributed by atoms with E-state index < -0.39 is 107 Å². The van der Waals surface area contributed by atoms with Crippen LogP contribution in [0.5, 0.6) is 0 Å². The van der Waals surface area contributed by atoms with Gasteiger partial charge in [-0.05, 0) is 132 Å². The number of carbonyl (C=O) groups excluding carboxylic acids is 2. The number of carbonyl (C=O) groups is 3. The Morgan fingerprint density at radius 3 is 2.22 bits per heavy atom. The maximum absolute atomic E-state index is 14.6. The highest BCUT2D eigenvalue weighted by molar-refractivity contribution is 5.92. The molecule has 2 aromatic rings. The van der Waals surface area contributed by atoms with E-state index in [0.717, 1.165) is 5.56 Å². The Morgan fingerprint density at radius 1 is 0.924 bits per heavy atom. The Kier molecular flexibility index (Phi) is 23.9. The van der Waals surface area contributed by atoms with E-state index >= 15 is 0 Å². The number of aliphatic hydroxyl groups is 4. The van der Waals surface area contributed by atoms with Gasteiger partial charge in [-0.15, -0.1) is 0 Å². The van der Waals surface area contributed by atoms with Crippen molar-refractivity contribution < 1.29 is 77.8 Å². The van der Waals surface area contributed by atoms with Crippen LogP contribution < -0.4 is 10.7 Å². The molecule has 18 atom stereocenters. The first kappa shape index (κ1) is 66.1. The van der Waals surface area contributed by atoms with Crippen LogP contribution in [0.15, 0.2) is 29.2 Å². The molecule has 1 aromatic heterocycles. The lowest BCUT2D eigenvalue weighted by molar-refractivity contribution is -0.311. The molecular weight excluding hydrogens is 1020 g/mol. The lowest BCUT2D eigenvalue weighted by atomic mass is 9.77. The van der Waals surface area contributed by atoms with E-state index in [1.54, 1.807) is 45.3 Å². The van der Waals surface area contributed by atoms with Crippen molar-refractivity contribution in [3.63, 3.8) is 0 Å². The molecular formula is C58H96N4O17. The van der Waals surface area contributed by atoms with Crippen molar-refractivity contribution >= 4 is 28.7 Å². The smallest absolute Gasteiger partial charge is 0.341 e. The number of nitrogens with one attached hydrogen (secondary N) is 1. The molecule has 3 aliphatic heterocycles. The Labute approximate surface area is 467 Å². The molecule has 5 rings (SSSR count). The Morgan fingerprint density at radius 2 is 1.59 bits per heavy atom. The fourth-order valence-corrected chi connectivity index (χ4v) is 12.1. The van der Waals surface area contributed by atoms with Crippen molar-refractivity contribution in [2.24, 2.45) is 17.8 Å². The number of carboxylic acid groups (broad SMARTS) is 1. The highest BCUT2D eigenvalue weighted by Gasteiger charge is 2.53. The molecule has 1 aromatic carbocycles. The molecule has 0 spiro atoms. The van der Waals surface area contributed by atoms with Crippen molar-refractivity contribution in [3.8, 4) is 0 Å². The number of aromatic carboxylic acids is 1. The van der Waals surface area contributed by atoms with E-state index in [2.05, 4.69) is 5.32 Å². The SMILES string of the molecule is CC[C@H]1OC(=O)[C@H](C)[C@@H](O[C@H]2C[C@@](C)(OC)[C@@H](NC(=O)CCOCCOCCCc3ccc4c(c3)c(=O)c(C(=O)O)cn4CC)[C@H](C)O2)[C@H](C)[C@@H](O[C@@H]2O[C@H](C)C[C@H](N(C)C)[C@H]2O)[C@](C)(O)C[C@@H](C)CN(C)[C@H](C)[C@@H](O)[C@]1(C)O. The van der Waals surface area contributed by atoms with Crippen molar-refractivity contribution in [1.82, 2.24) is 19.7 Å². The minimum atomic E-state index is -1.86. The molecule has 0 unspecified atom stereocenters. The molecule has 0 saturated carbocycles. The highest BCUT2D eigenvalue weighted by Crippen LogP contribution is 2.40. The zero-order valence-electron chi connectivity index (χ0n) is 49.6. The lowest BCUT2D eigenvalue weighted by Crippen LogP contribution is -2.64. The van der Waals surface area contributed by atoms with Crippen LogP contribution in [0.1, 0.15) is 131 Å². The van der Waals surface area contributed by atoms with Gasteiger partial charge in [-0.2, -0.15) is 0 Å². The van der Waals surface area contributed by atoms with Gasteiger partial charge in [0.2, 0.25) is 11.3 Å². The number of pyridine rings is 1. The summed E-state index contributed by atoms with van der Waals surface area (Å²) in [6.07, 6.45) is -5.24. The number of fused-ring (bicyclic) bond motifs is 1. The van der Waals surface area contributed by atoms with Gasteiger partial charge in [0.05, 0.1) is 72.9 Å². The first-order valence-corrected chi connectivity index (χ1v) is 28.4. The van der Waals surface area contributed by atoms with Gasteiger partial charge in [-0.1, -0.05) is 26.8 Å². The van der Waals surface area contributed by atoms with Gasteiger partial charge in [0, 0.05) is 69.2 Å². The lowest BCUT2D eigenvalue weighted by Gasteiger charge is -2.49. The third-order valence-electron chi connectivity index (χ3n) is 16.9. The number of likely N-dealkylation sites (N-methyl/N-ethyl adjacent to an activating group) is 2. The molecule has 79 heavy (non-hydrogen) atoms. The zero-order chi connectivity index (χ0) is 58.9. The Balaban J connectivity index is 1.26. The molecule has 21 heteroatoms. The van der Waals surface area contributed by atoms with E-state index in [1.165, 1.54) is 20.2 Å². The number of rotatable bonds is 20. The summed E-state index contributed by atoms with van der Waals surface area (Å²) in [5.74, 6) is -4.39. The van der Waals surface area contributed by atoms with Crippen LogP contribution in [-0.4, -0.2) is 209 Å². The summed E-state index contributed by atoms with van der Waals surface area (Å²) < 4.78 is 52.2. The van der Waals surface area contributed by atoms with Gasteiger partial charge in [-0.25, -0.2) is 4.79 Å². The molecule has 3 saturated heterocycles. The third kappa shape index (κ3) is 16.3. The molecule has 1 amide bonds. The van der Waals surface area contributed by atoms with Gasteiger partial charge in [-0.3, -0.25) is 14.4 Å². The molecule has 4 heterocycles. The van der Waals surface area contributed by atoms with Gasteiger partial charge in [0.1, 0.15) is 29.5 Å². The number of aliphatic hydroxyl groups excluding tert-OH is 2. The topological polar surface area (TPSA) is 267 Å². The van der Waals surface area contributed by atoms with Gasteiger partial charge in [0.15, 0.2) is 12.6 Å². The molecule has 3 aliphatic rings. The highest BCUT2D eigenvalue weighted by atomic mass is 16.7. The van der Waals surface area contributed by atoms with Crippen molar-refractivity contribution in [3.05, 3.63) is 45.7 Å². The maximum Gasteiger partial charge on any atom is 0.341 e. The number of esters is 1. The fourth-order valence-electron chi connectivity index (χ4n) is 12.1. The molecule has 6 N–H and O–H groups in total. The van der Waals surface area contributed by atoms with Crippen molar-refractivity contribution in [2.45, 2.75) is 218 Å². The summed E-state index contributed by atoms with van der Waals surface area (Å²) >= 11 is 0. The van der Waals surface area contributed by atoms with Crippen LogP contribution in [0, 0.1) is 17.8 Å². The van der Waals surface area contributed by atoms with E-state index in [9.17, 15) is 44.7 Å². The number of aromatic nitrogens is 1. The zero-order valence-corrected chi connectivity index (χ0v) is 49.6. The van der Waals surface area contributed by atoms with Gasteiger partial charge >= 0.3 is 11.9 Å². The average Bonchev–Trinajstić information content (AvgIpc) is 3.40. The van der Waals surface area contributed by atoms with E-state index in [4.69, 9.17) is 37.9 Å². The van der Waals surface area contributed by atoms with Crippen LogP contribution in [0.2, 0.25) is 0 Å². The van der Waals surface area contributed by atoms with Crippen LogP contribution in [0.4, 0.5) is 0 Å². The first-order valence-electron chi connectivity index (χ1n) is 28.4. The minimum absolute atomic E-state index is 0.0404. The molecule has 21 nitrogen and oxygen atoms in total. The fraction of sp³-hybridized carbons (Fsp3) is 0.793. The average molecular weight is 1120 g/mol. The number of amides is 1. The number of cyclic esters (lactones) is 1. The van der Waals surface area contributed by atoms with Crippen LogP contribution in [0.3, 0.4) is 0 Å². The summed E-state index contributed by atoms with van der Waals surface area (Å²) in [6, 6.07) is 3.97. The van der Waals surface area contributed by atoms with E-state index in [0.29, 0.717) is 56.5 Å². The molecule has 3 fully saturated rings. The van der Waals surface area contributed by atoms with Crippen molar-refractivity contribution in [1.29, 1.82) is 0 Å². The van der Waals surface area contributed by atoms with Crippen molar-refractivity contribution in [2.75, 3.05) is 61.2 Å². The third-order valence-corrected chi connectivity index (χ3v) is 16.9. The predicted molar refractivity (Wildman–Crippen MR) is 296 cm³/mol. The summed E-state index contributed by atoms with van der Waals surface area (Å²) in [7, 11) is 7.12. The minimum Gasteiger partial charge on any atom is -0.477 e. The van der Waals surface area contributed by atoms with E-state index in [1.807, 2.05) is 77.7 Å². The maximum atomic E-state index is 14.6. The Hall–Kier alpha value is -3.68. The molecule has 0 bridgehead atoms. The van der Waals surface area contributed by atoms with Gasteiger partial charge in [0.25, 0.3) is 0 Å². The molecule has 450 valence electrons. The second-order valence-corrected chi connectivity index (χ2v) is 23.7. The number of hydrogen-bond donors (Lipinski definition) is 6. The van der Waals surface area contributed by atoms with Crippen LogP contribution in [0.25, 0.3) is 10.9 Å². The van der Waals surface area contributed by atoms with Crippen LogP contribution >= 0.6 is 0 Å². The predicted octanol–water partition coefficient (Wildman–Crippen LogP) is 4.11. The molecule has 0 radical (unpaired) electrons. The second kappa shape index (κ2) is 28.5. The monoisotopic (exact) mass is 1120 g/mol. The summed E-state index contributed by atoms with van der Waals surface area (Å²) in [4.78, 5) is 56.5. The largest absolute Gasteiger partial charge is 0.477 e. The number of carboxylic acids is 1. The number of hydrogen-bond acceptors (Lipinski definition) is 18. The molecule has 0 aliphatic carbocycles. The van der Waals surface area contributed by atoms with E-state index in [-0.39, 0.29) is 68.4 Å². The quantitative estimate of drug-likeness (QED) is 0.0805. The number of benzene rings is 1. The Bertz CT molecular complexity index is 2370. The van der Waals surface area contributed by atoms with Crippen LogP contribution in [-0.2, 0) is 60.4 Å². The summed E-state index contributed by atoms with van der Waals surface area (Å²) in [5, 5.41) is 61.1. The first-order chi connectivity index (χ1) is 37.0. The summed E-state index contributed by atoms with van der Waals surface area (Å²) in [6.45, 7) is 21.6. The second-order valence-electron chi connectivity index (χ2n) is 23.7. The standard InChI is InChI=1S/C58H96N4O17/c1-16-44-58(11,71)51(66)37(7)61(14)31-33(3)29-56(9,70)52(79-55-48(65)43(60(12)13)27-34(4)75-55)35(5)49(36(6)54(69)77-44)78-46-30-57(10,72-15)50(38(8)76-46)59-45(63)22-24-74-26-25-73-23-18-19-39-20-21-42-40(28-39)47(64)41(53(67)68)32-62(42)17-2/h20-21,28,32-38,43-44,46,48-52,55,65-66,70-71H,16-19,22-27,29-31H2,1-15H3,(H,59,63)(H,67,68)/t33-,34-,35+,36-,37-,38+,43+,44-,46+,48-,49+,50+,51-,52-,55+,56-,57-,58-/m1/s1. The summed E-state index contributed by atoms with van der Waals surface area (Å²) in [5.41, 5.74) is -3.73. The number of ether oxygens (including phenoxy) is 8. The van der Waals surface area contributed by atoms with Gasteiger partial charge < -0.3 is 83.1 Å². The normalized spacial score (nSPS) is 36.6. The number of methoxy groups -OCH3 is 1. The number of nitrogens with zero attached hydrogens (tertiary/aromatic N) is 3.